The number of rotatable bonds is 5. The lowest BCUT2D eigenvalue weighted by atomic mass is 10.0. The van der Waals surface area contributed by atoms with Gasteiger partial charge in [-0.3, -0.25) is 4.79 Å². The zero-order valence-electron chi connectivity index (χ0n) is 15.6. The number of nitrogens with one attached hydrogen (secondary N) is 2. The van der Waals surface area contributed by atoms with Gasteiger partial charge in [0.15, 0.2) is 5.69 Å². The second-order valence-corrected chi connectivity index (χ2v) is 7.23. The molecule has 0 aliphatic carbocycles. The Morgan fingerprint density at radius 1 is 1.31 bits per heavy atom. The SMILES string of the molecule is Cc1ccc(Nc2ncc(C(=O)NCC3CCOCC3)c(C(F)(F)F)n2)c(Cl)c1. The van der Waals surface area contributed by atoms with Gasteiger partial charge in [0.1, 0.15) is 0 Å². The van der Waals surface area contributed by atoms with Gasteiger partial charge < -0.3 is 15.4 Å². The van der Waals surface area contributed by atoms with Crippen LogP contribution in [-0.4, -0.2) is 35.6 Å². The minimum Gasteiger partial charge on any atom is -0.381 e. The first-order valence-corrected chi connectivity index (χ1v) is 9.45. The molecule has 0 bridgehead atoms. The number of hydrogen-bond acceptors (Lipinski definition) is 5. The summed E-state index contributed by atoms with van der Waals surface area (Å²) in [4.78, 5) is 19.7. The van der Waals surface area contributed by atoms with Crippen molar-refractivity contribution in [2.24, 2.45) is 5.92 Å². The maximum atomic E-state index is 13.5. The molecule has 1 aliphatic heterocycles. The summed E-state index contributed by atoms with van der Waals surface area (Å²) in [7, 11) is 0. The van der Waals surface area contributed by atoms with Crippen molar-refractivity contribution in [3.63, 3.8) is 0 Å². The largest absolute Gasteiger partial charge is 0.434 e. The van der Waals surface area contributed by atoms with Crippen LogP contribution in [0.5, 0.6) is 0 Å². The second-order valence-electron chi connectivity index (χ2n) is 6.83. The van der Waals surface area contributed by atoms with Gasteiger partial charge in [-0.25, -0.2) is 9.97 Å². The fraction of sp³-hybridized carbons (Fsp3) is 0.421. The Morgan fingerprint density at radius 3 is 2.69 bits per heavy atom. The van der Waals surface area contributed by atoms with Crippen molar-refractivity contribution in [1.29, 1.82) is 0 Å². The summed E-state index contributed by atoms with van der Waals surface area (Å²) in [5.74, 6) is -0.986. The number of amides is 1. The van der Waals surface area contributed by atoms with E-state index in [0.29, 0.717) is 23.9 Å². The highest BCUT2D eigenvalue weighted by Crippen LogP contribution is 2.32. The van der Waals surface area contributed by atoms with Crippen LogP contribution in [0.2, 0.25) is 5.02 Å². The average molecular weight is 429 g/mol. The zero-order valence-corrected chi connectivity index (χ0v) is 16.4. The minimum absolute atomic E-state index is 0.174. The maximum Gasteiger partial charge on any atom is 0.434 e. The predicted molar refractivity (Wildman–Crippen MR) is 102 cm³/mol. The first-order chi connectivity index (χ1) is 13.7. The molecule has 1 saturated heterocycles. The van der Waals surface area contributed by atoms with Gasteiger partial charge in [-0.05, 0) is 43.4 Å². The fourth-order valence-corrected chi connectivity index (χ4v) is 3.23. The van der Waals surface area contributed by atoms with Gasteiger partial charge in [0.05, 0.1) is 16.3 Å². The normalized spacial score (nSPS) is 15.2. The predicted octanol–water partition coefficient (Wildman–Crippen LogP) is 4.36. The quantitative estimate of drug-likeness (QED) is 0.740. The maximum absolute atomic E-state index is 13.5. The Labute approximate surface area is 170 Å². The molecule has 0 radical (unpaired) electrons. The van der Waals surface area contributed by atoms with Crippen LogP contribution in [0.4, 0.5) is 24.8 Å². The Kier molecular flexibility index (Phi) is 6.59. The topological polar surface area (TPSA) is 76.1 Å². The zero-order chi connectivity index (χ0) is 21.0. The van der Waals surface area contributed by atoms with Crippen LogP contribution in [0, 0.1) is 12.8 Å². The highest BCUT2D eigenvalue weighted by atomic mass is 35.5. The van der Waals surface area contributed by atoms with Crippen LogP contribution in [0.1, 0.15) is 34.5 Å². The van der Waals surface area contributed by atoms with E-state index in [0.717, 1.165) is 24.6 Å². The molecule has 6 nitrogen and oxygen atoms in total. The molecule has 1 aliphatic rings. The number of aromatic nitrogens is 2. The van der Waals surface area contributed by atoms with E-state index < -0.39 is 23.3 Å². The Morgan fingerprint density at radius 2 is 2.03 bits per heavy atom. The molecule has 0 spiro atoms. The molecular weight excluding hydrogens is 409 g/mol. The molecule has 2 aromatic rings. The number of halogens is 4. The molecule has 1 aromatic carbocycles. The van der Waals surface area contributed by atoms with Crippen molar-refractivity contribution in [2.75, 3.05) is 25.1 Å². The molecule has 0 unspecified atom stereocenters. The highest BCUT2D eigenvalue weighted by molar-refractivity contribution is 6.33. The van der Waals surface area contributed by atoms with Crippen LogP contribution in [0.25, 0.3) is 0 Å². The second kappa shape index (κ2) is 8.96. The standard InChI is InChI=1S/C19H20ClF3N4O2/c1-11-2-3-15(14(20)8-11)26-18-25-10-13(16(27-18)19(21,22)23)17(28)24-9-12-4-6-29-7-5-12/h2-3,8,10,12H,4-7,9H2,1H3,(H,24,28)(H,25,26,27). The smallest absolute Gasteiger partial charge is 0.381 e. The van der Waals surface area contributed by atoms with Crippen molar-refractivity contribution in [3.05, 3.63) is 46.2 Å². The fourth-order valence-electron chi connectivity index (χ4n) is 2.95. The monoisotopic (exact) mass is 428 g/mol. The summed E-state index contributed by atoms with van der Waals surface area (Å²) < 4.78 is 45.8. The number of alkyl halides is 3. The summed E-state index contributed by atoms with van der Waals surface area (Å²) in [6.07, 6.45) is -2.44. The molecule has 10 heteroatoms. The molecule has 1 aromatic heterocycles. The van der Waals surface area contributed by atoms with Gasteiger partial charge in [0.2, 0.25) is 5.95 Å². The summed E-state index contributed by atoms with van der Waals surface area (Å²) in [6, 6.07) is 5.02. The van der Waals surface area contributed by atoms with Gasteiger partial charge in [-0.15, -0.1) is 0 Å². The van der Waals surface area contributed by atoms with Crippen LogP contribution < -0.4 is 10.6 Å². The van der Waals surface area contributed by atoms with Crippen molar-refractivity contribution in [2.45, 2.75) is 25.9 Å². The van der Waals surface area contributed by atoms with E-state index in [-0.39, 0.29) is 18.4 Å². The minimum atomic E-state index is -4.82. The lowest BCUT2D eigenvalue weighted by molar-refractivity contribution is -0.141. The Bertz CT molecular complexity index is 886. The first-order valence-electron chi connectivity index (χ1n) is 9.07. The summed E-state index contributed by atoms with van der Waals surface area (Å²) in [5, 5.41) is 5.53. The number of aryl methyl sites for hydroxylation is 1. The molecule has 0 saturated carbocycles. The third kappa shape index (κ3) is 5.57. The van der Waals surface area contributed by atoms with Crippen molar-refractivity contribution < 1.29 is 22.7 Å². The van der Waals surface area contributed by atoms with E-state index in [1.165, 1.54) is 0 Å². The molecule has 2 N–H and O–H groups in total. The van der Waals surface area contributed by atoms with Crippen molar-refractivity contribution in [3.8, 4) is 0 Å². The molecular formula is C19H20ClF3N4O2. The summed E-state index contributed by atoms with van der Waals surface area (Å²) in [5.41, 5.74) is -0.663. The highest BCUT2D eigenvalue weighted by Gasteiger charge is 2.38. The van der Waals surface area contributed by atoms with Gasteiger partial charge in [-0.1, -0.05) is 17.7 Å². The van der Waals surface area contributed by atoms with Crippen LogP contribution in [0.15, 0.2) is 24.4 Å². The molecule has 29 heavy (non-hydrogen) atoms. The average Bonchev–Trinajstić information content (AvgIpc) is 2.68. The lowest BCUT2D eigenvalue weighted by Gasteiger charge is -2.22. The number of benzene rings is 1. The third-order valence-electron chi connectivity index (χ3n) is 4.57. The molecule has 3 rings (SSSR count). The molecule has 2 heterocycles. The van der Waals surface area contributed by atoms with E-state index in [9.17, 15) is 18.0 Å². The third-order valence-corrected chi connectivity index (χ3v) is 4.88. The van der Waals surface area contributed by atoms with Crippen molar-refractivity contribution in [1.82, 2.24) is 15.3 Å². The van der Waals surface area contributed by atoms with E-state index in [1.807, 2.05) is 6.92 Å². The molecule has 1 amide bonds. The first kappa shape index (κ1) is 21.3. The number of nitrogens with zero attached hydrogens (tertiary/aromatic N) is 2. The Hall–Kier alpha value is -2.39. The van der Waals surface area contributed by atoms with E-state index in [2.05, 4.69) is 20.6 Å². The number of carbonyl (C=O) groups is 1. The number of anilines is 2. The van der Waals surface area contributed by atoms with Crippen molar-refractivity contribution >= 4 is 29.1 Å². The Balaban J connectivity index is 1.79. The van der Waals surface area contributed by atoms with Gasteiger partial charge >= 0.3 is 6.18 Å². The summed E-state index contributed by atoms with van der Waals surface area (Å²) >= 11 is 6.09. The van der Waals surface area contributed by atoms with E-state index in [1.54, 1.807) is 18.2 Å². The summed E-state index contributed by atoms with van der Waals surface area (Å²) in [6.45, 7) is 3.28. The van der Waals surface area contributed by atoms with E-state index >= 15 is 0 Å². The van der Waals surface area contributed by atoms with Crippen LogP contribution >= 0.6 is 11.6 Å². The molecule has 0 atom stereocenters. The van der Waals surface area contributed by atoms with E-state index in [4.69, 9.17) is 16.3 Å². The van der Waals surface area contributed by atoms with Gasteiger partial charge in [-0.2, -0.15) is 13.2 Å². The molecule has 1 fully saturated rings. The number of ether oxygens (including phenoxy) is 1. The van der Waals surface area contributed by atoms with Crippen LogP contribution in [0.3, 0.4) is 0 Å². The lowest BCUT2D eigenvalue weighted by Crippen LogP contribution is -2.33. The molecule has 156 valence electrons. The number of carbonyl (C=O) groups excluding carboxylic acids is 1. The van der Waals surface area contributed by atoms with Gasteiger partial charge in [0.25, 0.3) is 5.91 Å². The van der Waals surface area contributed by atoms with Crippen LogP contribution in [-0.2, 0) is 10.9 Å². The number of hydrogen-bond donors (Lipinski definition) is 2. The van der Waals surface area contributed by atoms with Gasteiger partial charge in [0, 0.05) is 26.0 Å².